The average molecular weight is 337 g/mol. The van der Waals surface area contributed by atoms with Crippen LogP contribution in [-0.2, 0) is 14.6 Å². The van der Waals surface area contributed by atoms with Crippen LogP contribution >= 0.6 is 0 Å². The van der Waals surface area contributed by atoms with Crippen LogP contribution in [0.2, 0.25) is 0 Å². The van der Waals surface area contributed by atoms with E-state index in [-0.39, 0.29) is 16.8 Å². The van der Waals surface area contributed by atoms with Crippen molar-refractivity contribution < 1.29 is 17.5 Å². The van der Waals surface area contributed by atoms with Gasteiger partial charge in [0, 0.05) is 18.9 Å². The topological polar surface area (TPSA) is 55.4 Å². The minimum atomic E-state index is -3.36. The molecule has 0 aromatic heterocycles. The predicted octanol–water partition coefficient (Wildman–Crippen LogP) is 3.42. The second-order valence-corrected chi connectivity index (χ2v) is 7.36. The molecule has 2 rings (SSSR count). The van der Waals surface area contributed by atoms with Crippen molar-refractivity contribution in [1.29, 1.82) is 0 Å². The summed E-state index contributed by atoms with van der Waals surface area (Å²) in [5, 5.41) is 3.12. The Balaban J connectivity index is 2.32. The minimum Gasteiger partial charge on any atom is -0.379 e. The van der Waals surface area contributed by atoms with Gasteiger partial charge < -0.3 is 10.1 Å². The molecule has 2 aromatic rings. The molecule has 0 aliphatic heterocycles. The molecule has 2 atom stereocenters. The number of ether oxygens (including phenoxy) is 1. The first-order valence-corrected chi connectivity index (χ1v) is 9.06. The van der Waals surface area contributed by atoms with E-state index < -0.39 is 15.9 Å². The van der Waals surface area contributed by atoms with Gasteiger partial charge in [-0.1, -0.05) is 30.3 Å². The van der Waals surface area contributed by atoms with Crippen LogP contribution in [-0.4, -0.2) is 27.8 Å². The van der Waals surface area contributed by atoms with Crippen molar-refractivity contribution in [2.24, 2.45) is 0 Å². The van der Waals surface area contributed by atoms with Crippen LogP contribution in [0.3, 0.4) is 0 Å². The normalized spacial score (nSPS) is 14.3. The third-order valence-electron chi connectivity index (χ3n) is 3.59. The van der Waals surface area contributed by atoms with Crippen molar-refractivity contribution in [3.8, 4) is 0 Å². The van der Waals surface area contributed by atoms with Gasteiger partial charge in [-0.15, -0.1) is 0 Å². The lowest BCUT2D eigenvalue weighted by atomic mass is 10.0. The van der Waals surface area contributed by atoms with Gasteiger partial charge in [0.05, 0.1) is 16.6 Å². The second-order valence-electron chi connectivity index (χ2n) is 5.38. The highest BCUT2D eigenvalue weighted by Crippen LogP contribution is 2.28. The zero-order valence-electron chi connectivity index (χ0n) is 13.3. The lowest BCUT2D eigenvalue weighted by Gasteiger charge is -2.26. The maximum Gasteiger partial charge on any atom is 0.177 e. The summed E-state index contributed by atoms with van der Waals surface area (Å²) >= 11 is 0. The molecule has 2 aromatic carbocycles. The van der Waals surface area contributed by atoms with E-state index in [1.807, 2.05) is 6.92 Å². The number of sulfone groups is 1. The van der Waals surface area contributed by atoms with Crippen LogP contribution < -0.4 is 5.32 Å². The predicted molar refractivity (Wildman–Crippen MR) is 88.8 cm³/mol. The Morgan fingerprint density at radius 2 is 1.70 bits per heavy atom. The van der Waals surface area contributed by atoms with Gasteiger partial charge in [0.25, 0.3) is 0 Å². The molecule has 0 aliphatic rings. The Bertz CT molecular complexity index is 777. The van der Waals surface area contributed by atoms with E-state index in [9.17, 15) is 12.8 Å². The summed E-state index contributed by atoms with van der Waals surface area (Å²) in [6.45, 7) is 1.82. The summed E-state index contributed by atoms with van der Waals surface area (Å²) < 4.78 is 43.2. The standard InChI is InChI=1S/C17H20FNO3S/c1-12(17(22-2)13-8-4-5-9-14(13)18)19-15-10-6-7-11-16(15)23(3,20)21/h4-12,17,19H,1-3H3/t12-,17-/m0/s1. The first-order valence-electron chi connectivity index (χ1n) is 7.17. The van der Waals surface area contributed by atoms with Gasteiger partial charge in [-0.25, -0.2) is 12.8 Å². The lowest BCUT2D eigenvalue weighted by Crippen LogP contribution is -2.27. The zero-order chi connectivity index (χ0) is 17.0. The van der Waals surface area contributed by atoms with Crippen LogP contribution in [0.25, 0.3) is 0 Å². The minimum absolute atomic E-state index is 0.204. The van der Waals surface area contributed by atoms with Crippen molar-refractivity contribution >= 4 is 15.5 Å². The molecule has 0 aliphatic carbocycles. The van der Waals surface area contributed by atoms with Gasteiger partial charge in [0.15, 0.2) is 9.84 Å². The summed E-state index contributed by atoms with van der Waals surface area (Å²) in [5.74, 6) is -0.357. The summed E-state index contributed by atoms with van der Waals surface area (Å²) in [4.78, 5) is 0.204. The van der Waals surface area contributed by atoms with Crippen molar-refractivity contribution in [2.75, 3.05) is 18.7 Å². The van der Waals surface area contributed by atoms with Crippen LogP contribution in [0.1, 0.15) is 18.6 Å². The largest absolute Gasteiger partial charge is 0.379 e. The number of halogens is 1. The first-order chi connectivity index (χ1) is 10.8. The number of anilines is 1. The molecule has 4 nitrogen and oxygen atoms in total. The van der Waals surface area contributed by atoms with Crippen LogP contribution in [0.5, 0.6) is 0 Å². The summed E-state index contributed by atoms with van der Waals surface area (Å²) in [6.07, 6.45) is 0.604. The van der Waals surface area contributed by atoms with Gasteiger partial charge >= 0.3 is 0 Å². The van der Waals surface area contributed by atoms with E-state index in [0.29, 0.717) is 11.3 Å². The molecule has 0 bridgehead atoms. The fraction of sp³-hybridized carbons (Fsp3) is 0.294. The van der Waals surface area contributed by atoms with E-state index in [2.05, 4.69) is 5.32 Å². The Morgan fingerprint density at radius 3 is 2.30 bits per heavy atom. The molecule has 0 saturated heterocycles. The monoisotopic (exact) mass is 337 g/mol. The summed E-state index contributed by atoms with van der Waals surface area (Å²) in [5.41, 5.74) is 0.896. The number of benzene rings is 2. The van der Waals surface area contributed by atoms with E-state index in [1.54, 1.807) is 36.4 Å². The van der Waals surface area contributed by atoms with Crippen LogP contribution in [0.15, 0.2) is 53.4 Å². The van der Waals surface area contributed by atoms with Gasteiger partial charge in [0.1, 0.15) is 11.9 Å². The van der Waals surface area contributed by atoms with Gasteiger partial charge in [-0.3, -0.25) is 0 Å². The van der Waals surface area contributed by atoms with E-state index in [1.165, 1.54) is 19.2 Å². The highest BCUT2D eigenvalue weighted by atomic mass is 32.2. The molecular formula is C17H20FNO3S. The fourth-order valence-electron chi connectivity index (χ4n) is 2.54. The fourth-order valence-corrected chi connectivity index (χ4v) is 3.39. The SMILES string of the molecule is CO[C@H](c1ccccc1F)[C@H](C)Nc1ccccc1S(C)(=O)=O. The van der Waals surface area contributed by atoms with Crippen molar-refractivity contribution in [2.45, 2.75) is 24.0 Å². The molecule has 0 heterocycles. The summed E-state index contributed by atoms with van der Waals surface area (Å²) in [7, 11) is -1.86. The third-order valence-corrected chi connectivity index (χ3v) is 4.74. The number of methoxy groups -OCH3 is 1. The van der Waals surface area contributed by atoms with E-state index in [0.717, 1.165) is 6.26 Å². The quantitative estimate of drug-likeness (QED) is 0.877. The van der Waals surface area contributed by atoms with Crippen molar-refractivity contribution in [1.82, 2.24) is 0 Å². The first kappa shape index (κ1) is 17.4. The molecule has 1 N–H and O–H groups in total. The molecule has 0 saturated carbocycles. The van der Waals surface area contributed by atoms with E-state index >= 15 is 0 Å². The molecule has 0 amide bonds. The maximum atomic E-state index is 14.0. The Morgan fingerprint density at radius 1 is 1.09 bits per heavy atom. The Labute approximate surface area is 136 Å². The van der Waals surface area contributed by atoms with Gasteiger partial charge in [-0.2, -0.15) is 0 Å². The number of hydrogen-bond donors (Lipinski definition) is 1. The number of rotatable bonds is 6. The smallest absolute Gasteiger partial charge is 0.177 e. The van der Waals surface area contributed by atoms with Crippen molar-refractivity contribution in [3.63, 3.8) is 0 Å². The zero-order valence-corrected chi connectivity index (χ0v) is 14.1. The molecule has 6 heteroatoms. The molecular weight excluding hydrogens is 317 g/mol. The lowest BCUT2D eigenvalue weighted by molar-refractivity contribution is 0.0876. The third kappa shape index (κ3) is 4.09. The number of para-hydroxylation sites is 1. The highest BCUT2D eigenvalue weighted by molar-refractivity contribution is 7.90. The molecule has 0 radical (unpaired) electrons. The second kappa shape index (κ2) is 7.10. The summed E-state index contributed by atoms with van der Waals surface area (Å²) in [6, 6.07) is 12.7. The van der Waals surface area contributed by atoms with Crippen molar-refractivity contribution in [3.05, 3.63) is 59.9 Å². The van der Waals surface area contributed by atoms with Gasteiger partial charge in [-0.05, 0) is 25.1 Å². The van der Waals surface area contributed by atoms with Crippen LogP contribution in [0, 0.1) is 5.82 Å². The van der Waals surface area contributed by atoms with Crippen LogP contribution in [0.4, 0.5) is 10.1 Å². The average Bonchev–Trinajstić information content (AvgIpc) is 2.49. The molecule has 124 valence electrons. The molecule has 0 spiro atoms. The molecule has 0 unspecified atom stereocenters. The molecule has 23 heavy (non-hydrogen) atoms. The highest BCUT2D eigenvalue weighted by Gasteiger charge is 2.23. The number of hydrogen-bond acceptors (Lipinski definition) is 4. The maximum absolute atomic E-state index is 14.0. The Hall–Kier alpha value is -1.92. The number of nitrogens with one attached hydrogen (secondary N) is 1. The van der Waals surface area contributed by atoms with Gasteiger partial charge in [0.2, 0.25) is 0 Å². The molecule has 0 fully saturated rings. The Kier molecular flexibility index (Phi) is 5.38. The van der Waals surface area contributed by atoms with E-state index in [4.69, 9.17) is 4.74 Å².